The van der Waals surface area contributed by atoms with Crippen molar-refractivity contribution in [2.75, 3.05) is 17.9 Å². The molecule has 0 aliphatic carbocycles. The zero-order valence-corrected chi connectivity index (χ0v) is 24.7. The SMILES string of the molecule is CCC(C(=O)NC)N(Cc1c(Cl)cccc1Cl)C(=O)CN(c1ccc(I)cc1)S(=O)(=O)c1ccccc1. The molecule has 0 saturated carbocycles. The van der Waals surface area contributed by atoms with E-state index in [9.17, 15) is 18.0 Å². The van der Waals surface area contributed by atoms with Gasteiger partial charge in [0.05, 0.1) is 10.6 Å². The predicted octanol–water partition coefficient (Wildman–Crippen LogP) is 5.35. The Bertz CT molecular complexity index is 1340. The van der Waals surface area contributed by atoms with Crippen molar-refractivity contribution in [3.05, 3.63) is 92.0 Å². The van der Waals surface area contributed by atoms with Gasteiger partial charge in [0.1, 0.15) is 12.6 Å². The number of likely N-dealkylation sites (N-methyl/N-ethyl adjacent to an activating group) is 1. The van der Waals surface area contributed by atoms with E-state index in [-0.39, 0.29) is 17.3 Å². The number of amides is 2. The number of carbonyl (C=O) groups is 2. The van der Waals surface area contributed by atoms with Gasteiger partial charge in [-0.3, -0.25) is 13.9 Å². The molecule has 3 aromatic carbocycles. The molecule has 1 N–H and O–H groups in total. The standard InChI is InChI=1S/C26H26Cl2IN3O4S/c1-3-24(26(34)30-2)31(16-21-22(27)10-7-11-23(21)28)25(33)17-32(19-14-12-18(29)13-15-19)37(35,36)20-8-5-4-6-9-20/h4-15,24H,3,16-17H2,1-2H3,(H,30,34). The van der Waals surface area contributed by atoms with Crippen molar-refractivity contribution in [3.8, 4) is 0 Å². The Balaban J connectivity index is 2.08. The van der Waals surface area contributed by atoms with Gasteiger partial charge in [-0.2, -0.15) is 0 Å². The summed E-state index contributed by atoms with van der Waals surface area (Å²) in [5, 5.41) is 3.26. The summed E-state index contributed by atoms with van der Waals surface area (Å²) in [5.41, 5.74) is 0.787. The Morgan fingerprint density at radius 1 is 0.946 bits per heavy atom. The summed E-state index contributed by atoms with van der Waals surface area (Å²) in [5.74, 6) is -0.963. The zero-order valence-electron chi connectivity index (χ0n) is 20.2. The second-order valence-electron chi connectivity index (χ2n) is 8.06. The van der Waals surface area contributed by atoms with Gasteiger partial charge in [-0.25, -0.2) is 8.42 Å². The van der Waals surface area contributed by atoms with E-state index in [1.807, 2.05) is 0 Å². The van der Waals surface area contributed by atoms with Crippen LogP contribution in [0.4, 0.5) is 5.69 Å². The quantitative estimate of drug-likeness (QED) is 0.294. The number of anilines is 1. The average Bonchev–Trinajstić information content (AvgIpc) is 2.89. The average molecular weight is 674 g/mol. The molecule has 0 bridgehead atoms. The molecule has 3 aromatic rings. The highest BCUT2D eigenvalue weighted by atomic mass is 127. The van der Waals surface area contributed by atoms with Gasteiger partial charge in [0.15, 0.2) is 0 Å². The molecule has 7 nitrogen and oxygen atoms in total. The summed E-state index contributed by atoms with van der Waals surface area (Å²) in [6, 6.07) is 18.8. The minimum absolute atomic E-state index is 0.0420. The lowest BCUT2D eigenvalue weighted by atomic mass is 10.1. The Hall–Kier alpha value is -2.34. The van der Waals surface area contributed by atoms with Gasteiger partial charge in [-0.15, -0.1) is 0 Å². The summed E-state index contributed by atoms with van der Waals surface area (Å²) in [4.78, 5) is 28.0. The second-order valence-corrected chi connectivity index (χ2v) is 12.0. The third-order valence-corrected chi connectivity index (χ3v) is 8.96. The fraction of sp³-hybridized carbons (Fsp3) is 0.231. The maximum Gasteiger partial charge on any atom is 0.264 e. The molecule has 11 heteroatoms. The number of hydrogen-bond acceptors (Lipinski definition) is 4. The number of hydrogen-bond donors (Lipinski definition) is 1. The maximum absolute atomic E-state index is 13.9. The van der Waals surface area contributed by atoms with Crippen LogP contribution in [0.5, 0.6) is 0 Å². The lowest BCUT2D eigenvalue weighted by Gasteiger charge is -2.33. The summed E-state index contributed by atoms with van der Waals surface area (Å²) in [6.45, 7) is 1.16. The summed E-state index contributed by atoms with van der Waals surface area (Å²) < 4.78 is 29.4. The van der Waals surface area contributed by atoms with E-state index in [0.29, 0.717) is 27.7 Å². The Labute approximate surface area is 240 Å². The van der Waals surface area contributed by atoms with Crippen molar-refractivity contribution in [2.45, 2.75) is 30.8 Å². The van der Waals surface area contributed by atoms with Gasteiger partial charge < -0.3 is 10.2 Å². The molecule has 0 heterocycles. The van der Waals surface area contributed by atoms with Gasteiger partial charge in [0, 0.05) is 32.8 Å². The van der Waals surface area contributed by atoms with E-state index in [0.717, 1.165) is 7.88 Å². The molecule has 0 aliphatic rings. The van der Waals surface area contributed by atoms with Crippen LogP contribution >= 0.6 is 45.8 Å². The van der Waals surface area contributed by atoms with Crippen molar-refractivity contribution in [1.82, 2.24) is 10.2 Å². The maximum atomic E-state index is 13.9. The van der Waals surface area contributed by atoms with Gasteiger partial charge in [0.25, 0.3) is 10.0 Å². The number of nitrogens with one attached hydrogen (secondary N) is 1. The van der Waals surface area contributed by atoms with E-state index < -0.39 is 28.5 Å². The van der Waals surface area contributed by atoms with Gasteiger partial charge in [0.2, 0.25) is 11.8 Å². The van der Waals surface area contributed by atoms with Crippen molar-refractivity contribution in [2.24, 2.45) is 0 Å². The Kier molecular flexibility index (Phi) is 10.2. The first-order valence-electron chi connectivity index (χ1n) is 11.4. The van der Waals surface area contributed by atoms with Crippen molar-refractivity contribution >= 4 is 73.3 Å². The van der Waals surface area contributed by atoms with Crippen LogP contribution in [-0.4, -0.2) is 44.8 Å². The number of carbonyl (C=O) groups excluding carboxylic acids is 2. The van der Waals surface area contributed by atoms with E-state index in [2.05, 4.69) is 27.9 Å². The molecule has 0 radical (unpaired) electrons. The van der Waals surface area contributed by atoms with Gasteiger partial charge in [-0.05, 0) is 77.5 Å². The summed E-state index contributed by atoms with van der Waals surface area (Å²) >= 11 is 14.9. The third-order valence-electron chi connectivity index (χ3n) is 5.75. The number of benzene rings is 3. The van der Waals surface area contributed by atoms with E-state index >= 15 is 0 Å². The van der Waals surface area contributed by atoms with Gasteiger partial charge >= 0.3 is 0 Å². The zero-order chi connectivity index (χ0) is 27.2. The van der Waals surface area contributed by atoms with Crippen molar-refractivity contribution < 1.29 is 18.0 Å². The molecule has 2 amide bonds. The third kappa shape index (κ3) is 6.95. The van der Waals surface area contributed by atoms with E-state index in [4.69, 9.17) is 23.2 Å². The largest absolute Gasteiger partial charge is 0.357 e. The smallest absolute Gasteiger partial charge is 0.264 e. The van der Waals surface area contributed by atoms with Crippen LogP contribution in [0.2, 0.25) is 10.0 Å². The van der Waals surface area contributed by atoms with Crippen LogP contribution in [0, 0.1) is 3.57 Å². The van der Waals surface area contributed by atoms with Crippen LogP contribution in [0.25, 0.3) is 0 Å². The number of nitrogens with zero attached hydrogens (tertiary/aromatic N) is 2. The van der Waals surface area contributed by atoms with Crippen LogP contribution in [-0.2, 0) is 26.2 Å². The molecule has 0 saturated heterocycles. The van der Waals surface area contributed by atoms with Crippen LogP contribution in [0.1, 0.15) is 18.9 Å². The van der Waals surface area contributed by atoms with Crippen LogP contribution in [0.15, 0.2) is 77.7 Å². The van der Waals surface area contributed by atoms with Gasteiger partial charge in [-0.1, -0.05) is 54.4 Å². The monoisotopic (exact) mass is 673 g/mol. The summed E-state index contributed by atoms with van der Waals surface area (Å²) in [7, 11) is -2.63. The Morgan fingerprint density at radius 2 is 1.54 bits per heavy atom. The second kappa shape index (κ2) is 12.9. The minimum Gasteiger partial charge on any atom is -0.357 e. The summed E-state index contributed by atoms with van der Waals surface area (Å²) in [6.07, 6.45) is 0.294. The number of halogens is 3. The predicted molar refractivity (Wildman–Crippen MR) is 155 cm³/mol. The van der Waals surface area contributed by atoms with Crippen LogP contribution in [0.3, 0.4) is 0 Å². The fourth-order valence-electron chi connectivity index (χ4n) is 3.80. The molecule has 1 atom stereocenters. The molecular formula is C26H26Cl2IN3O4S. The fourth-order valence-corrected chi connectivity index (χ4v) is 6.11. The molecule has 3 rings (SSSR count). The number of rotatable bonds is 10. The molecular weight excluding hydrogens is 648 g/mol. The first kappa shape index (κ1) is 29.2. The normalized spacial score (nSPS) is 12.0. The lowest BCUT2D eigenvalue weighted by molar-refractivity contribution is -0.140. The van der Waals surface area contributed by atoms with Crippen molar-refractivity contribution in [1.29, 1.82) is 0 Å². The highest BCUT2D eigenvalue weighted by molar-refractivity contribution is 14.1. The molecule has 196 valence electrons. The first-order valence-corrected chi connectivity index (χ1v) is 14.6. The van der Waals surface area contributed by atoms with E-state index in [1.165, 1.54) is 24.1 Å². The molecule has 0 aliphatic heterocycles. The highest BCUT2D eigenvalue weighted by Gasteiger charge is 2.34. The molecule has 0 spiro atoms. The topological polar surface area (TPSA) is 86.8 Å². The van der Waals surface area contributed by atoms with E-state index in [1.54, 1.807) is 67.6 Å². The molecule has 37 heavy (non-hydrogen) atoms. The minimum atomic E-state index is -4.11. The lowest BCUT2D eigenvalue weighted by Crippen LogP contribution is -2.51. The number of sulfonamides is 1. The van der Waals surface area contributed by atoms with Crippen LogP contribution < -0.4 is 9.62 Å². The molecule has 0 aromatic heterocycles. The first-order chi connectivity index (χ1) is 17.6. The molecule has 1 unspecified atom stereocenters. The highest BCUT2D eigenvalue weighted by Crippen LogP contribution is 2.29. The molecule has 0 fully saturated rings. The Morgan fingerprint density at radius 3 is 2.08 bits per heavy atom. The van der Waals surface area contributed by atoms with Crippen molar-refractivity contribution in [3.63, 3.8) is 0 Å².